The predicted octanol–water partition coefficient (Wildman–Crippen LogP) is 3.29. The standard InChI is InChI=1S/C14H24ClNO/c1-3-13(4-2)16(6-5-15)14(17)12-8-10-7-11(10)9-12/h10-13H,3-9H2,1-2H3. The van der Waals surface area contributed by atoms with Crippen LogP contribution in [0.3, 0.4) is 0 Å². The average Bonchev–Trinajstić information content (AvgIpc) is 2.95. The normalized spacial score (nSPS) is 30.5. The summed E-state index contributed by atoms with van der Waals surface area (Å²) in [4.78, 5) is 14.6. The Labute approximate surface area is 110 Å². The lowest BCUT2D eigenvalue weighted by molar-refractivity contribution is -0.138. The molecule has 0 bridgehead atoms. The number of carbonyl (C=O) groups excluding carboxylic acids is 1. The summed E-state index contributed by atoms with van der Waals surface area (Å²) in [5.41, 5.74) is 0. The highest BCUT2D eigenvalue weighted by molar-refractivity contribution is 6.18. The van der Waals surface area contributed by atoms with Crippen LogP contribution in [0.25, 0.3) is 0 Å². The molecular formula is C14H24ClNO. The monoisotopic (exact) mass is 257 g/mol. The zero-order chi connectivity index (χ0) is 12.4. The van der Waals surface area contributed by atoms with Crippen LogP contribution < -0.4 is 0 Å². The van der Waals surface area contributed by atoms with Crippen molar-refractivity contribution in [2.45, 2.75) is 52.0 Å². The fraction of sp³-hybridized carbons (Fsp3) is 0.929. The summed E-state index contributed by atoms with van der Waals surface area (Å²) >= 11 is 5.85. The molecule has 0 aromatic rings. The largest absolute Gasteiger partial charge is 0.338 e. The maximum atomic E-state index is 12.5. The van der Waals surface area contributed by atoms with Crippen molar-refractivity contribution in [1.82, 2.24) is 4.90 Å². The summed E-state index contributed by atoms with van der Waals surface area (Å²) in [5.74, 6) is 3.00. The zero-order valence-electron chi connectivity index (χ0n) is 11.0. The number of hydrogen-bond acceptors (Lipinski definition) is 1. The molecule has 2 nitrogen and oxygen atoms in total. The van der Waals surface area contributed by atoms with Gasteiger partial charge in [0.2, 0.25) is 5.91 Å². The maximum Gasteiger partial charge on any atom is 0.225 e. The molecule has 17 heavy (non-hydrogen) atoms. The zero-order valence-corrected chi connectivity index (χ0v) is 11.7. The molecule has 0 aromatic carbocycles. The van der Waals surface area contributed by atoms with Gasteiger partial charge in [-0.15, -0.1) is 11.6 Å². The molecule has 2 unspecified atom stereocenters. The molecule has 0 aliphatic heterocycles. The summed E-state index contributed by atoms with van der Waals surface area (Å²) in [7, 11) is 0. The van der Waals surface area contributed by atoms with Crippen molar-refractivity contribution >= 4 is 17.5 Å². The molecule has 2 atom stereocenters. The Balaban J connectivity index is 1.96. The molecule has 2 fully saturated rings. The van der Waals surface area contributed by atoms with Gasteiger partial charge in [0.15, 0.2) is 0 Å². The van der Waals surface area contributed by atoms with E-state index in [0.717, 1.165) is 44.1 Å². The highest BCUT2D eigenvalue weighted by atomic mass is 35.5. The van der Waals surface area contributed by atoms with Crippen LogP contribution in [0.1, 0.15) is 46.0 Å². The van der Waals surface area contributed by atoms with Crippen LogP contribution in [-0.4, -0.2) is 29.3 Å². The van der Waals surface area contributed by atoms with Crippen LogP contribution in [0, 0.1) is 17.8 Å². The van der Waals surface area contributed by atoms with Crippen LogP contribution in [-0.2, 0) is 4.79 Å². The SMILES string of the molecule is CCC(CC)N(CCCl)C(=O)C1CC2CC2C1. The first-order chi connectivity index (χ1) is 8.21. The molecule has 2 saturated carbocycles. The molecule has 1 amide bonds. The van der Waals surface area contributed by atoms with Gasteiger partial charge in [0.1, 0.15) is 0 Å². The van der Waals surface area contributed by atoms with Gasteiger partial charge in [-0.25, -0.2) is 0 Å². The van der Waals surface area contributed by atoms with Gasteiger partial charge in [0, 0.05) is 24.4 Å². The lowest BCUT2D eigenvalue weighted by Gasteiger charge is -2.32. The van der Waals surface area contributed by atoms with Gasteiger partial charge in [-0.1, -0.05) is 13.8 Å². The summed E-state index contributed by atoms with van der Waals surface area (Å²) in [6.45, 7) is 5.04. The highest BCUT2D eigenvalue weighted by Gasteiger charge is 2.49. The van der Waals surface area contributed by atoms with Crippen LogP contribution in [0.5, 0.6) is 0 Å². The molecule has 0 spiro atoms. The summed E-state index contributed by atoms with van der Waals surface area (Å²) in [5, 5.41) is 0. The minimum atomic E-state index is 0.308. The third-order valence-electron chi connectivity index (χ3n) is 4.58. The van der Waals surface area contributed by atoms with E-state index in [-0.39, 0.29) is 0 Å². The van der Waals surface area contributed by atoms with E-state index < -0.39 is 0 Å². The fourth-order valence-electron chi connectivity index (χ4n) is 3.44. The molecule has 0 saturated heterocycles. The minimum absolute atomic E-state index is 0.308. The van der Waals surface area contributed by atoms with Crippen molar-refractivity contribution in [3.8, 4) is 0 Å². The van der Waals surface area contributed by atoms with Crippen molar-refractivity contribution in [3.63, 3.8) is 0 Å². The fourth-order valence-corrected chi connectivity index (χ4v) is 3.63. The van der Waals surface area contributed by atoms with Gasteiger partial charge < -0.3 is 4.90 Å². The molecule has 0 aromatic heterocycles. The number of carbonyl (C=O) groups is 1. The van der Waals surface area contributed by atoms with Crippen molar-refractivity contribution in [2.75, 3.05) is 12.4 Å². The Morgan fingerprint density at radius 2 is 1.82 bits per heavy atom. The van der Waals surface area contributed by atoms with Gasteiger partial charge >= 0.3 is 0 Å². The number of halogens is 1. The molecule has 2 aliphatic rings. The Hall–Kier alpha value is -0.240. The van der Waals surface area contributed by atoms with Gasteiger partial charge in [-0.2, -0.15) is 0 Å². The van der Waals surface area contributed by atoms with Crippen LogP contribution in [0.2, 0.25) is 0 Å². The van der Waals surface area contributed by atoms with Crippen molar-refractivity contribution in [3.05, 3.63) is 0 Å². The summed E-state index contributed by atoms with van der Waals surface area (Å²) in [6, 6.07) is 0.387. The third kappa shape index (κ3) is 2.78. The van der Waals surface area contributed by atoms with E-state index in [4.69, 9.17) is 11.6 Å². The van der Waals surface area contributed by atoms with Gasteiger partial charge in [0.05, 0.1) is 0 Å². The Morgan fingerprint density at radius 1 is 1.24 bits per heavy atom. The number of rotatable bonds is 6. The maximum absolute atomic E-state index is 12.5. The van der Waals surface area contributed by atoms with E-state index >= 15 is 0 Å². The minimum Gasteiger partial charge on any atom is -0.338 e. The van der Waals surface area contributed by atoms with Crippen molar-refractivity contribution < 1.29 is 4.79 Å². The lowest BCUT2D eigenvalue weighted by Crippen LogP contribution is -2.44. The van der Waals surface area contributed by atoms with E-state index in [1.165, 1.54) is 6.42 Å². The predicted molar refractivity (Wildman–Crippen MR) is 71.1 cm³/mol. The van der Waals surface area contributed by atoms with Gasteiger partial charge in [-0.3, -0.25) is 4.79 Å². The second-order valence-electron chi connectivity index (χ2n) is 5.62. The molecule has 98 valence electrons. The van der Waals surface area contributed by atoms with Crippen LogP contribution in [0.15, 0.2) is 0 Å². The van der Waals surface area contributed by atoms with Gasteiger partial charge in [0.25, 0.3) is 0 Å². The highest BCUT2D eigenvalue weighted by Crippen LogP contribution is 2.54. The smallest absolute Gasteiger partial charge is 0.225 e. The van der Waals surface area contributed by atoms with Crippen LogP contribution >= 0.6 is 11.6 Å². The average molecular weight is 258 g/mol. The van der Waals surface area contributed by atoms with Crippen LogP contribution in [0.4, 0.5) is 0 Å². The molecule has 0 N–H and O–H groups in total. The summed E-state index contributed by atoms with van der Waals surface area (Å²) < 4.78 is 0. The van der Waals surface area contributed by atoms with Crippen molar-refractivity contribution in [1.29, 1.82) is 0 Å². The first-order valence-corrected chi connectivity index (χ1v) is 7.61. The molecule has 2 rings (SSSR count). The molecule has 0 heterocycles. The molecular weight excluding hydrogens is 234 g/mol. The number of nitrogens with zero attached hydrogens (tertiary/aromatic N) is 1. The number of hydrogen-bond donors (Lipinski definition) is 0. The first-order valence-electron chi connectivity index (χ1n) is 7.07. The van der Waals surface area contributed by atoms with E-state index in [9.17, 15) is 4.79 Å². The van der Waals surface area contributed by atoms with Gasteiger partial charge in [-0.05, 0) is 43.9 Å². The van der Waals surface area contributed by atoms with E-state index in [1.807, 2.05) is 0 Å². The van der Waals surface area contributed by atoms with E-state index in [1.54, 1.807) is 0 Å². The Morgan fingerprint density at radius 3 is 2.29 bits per heavy atom. The lowest BCUT2D eigenvalue weighted by atomic mass is 9.99. The second kappa shape index (κ2) is 5.60. The molecule has 0 radical (unpaired) electrons. The third-order valence-corrected chi connectivity index (χ3v) is 4.75. The van der Waals surface area contributed by atoms with Crippen molar-refractivity contribution in [2.24, 2.45) is 17.8 Å². The Bertz CT molecular complexity index is 267. The van der Waals surface area contributed by atoms with E-state index in [2.05, 4.69) is 18.7 Å². The summed E-state index contributed by atoms with van der Waals surface area (Å²) in [6.07, 6.45) is 5.74. The topological polar surface area (TPSA) is 20.3 Å². The number of alkyl halides is 1. The van der Waals surface area contributed by atoms with E-state index in [0.29, 0.717) is 23.7 Å². The second-order valence-corrected chi connectivity index (χ2v) is 5.99. The quantitative estimate of drug-likeness (QED) is 0.669. The first kappa shape index (κ1) is 13.2. The molecule has 2 aliphatic carbocycles. The number of amides is 1. The molecule has 3 heteroatoms. The number of fused-ring (bicyclic) bond motifs is 1. The Kier molecular flexibility index (Phi) is 4.35.